The van der Waals surface area contributed by atoms with E-state index in [-0.39, 0.29) is 5.91 Å². The SMILES string of the molecule is COc1ccc(C(=O)Nc2cc(C)c(Cl)cc2OC)cc1Br. The molecule has 0 radical (unpaired) electrons. The van der Waals surface area contributed by atoms with E-state index in [2.05, 4.69) is 21.2 Å². The number of carbonyl (C=O) groups is 1. The standard InChI is InChI=1S/C16H15BrClNO3/c1-9-6-13(15(22-3)8-12(9)18)19-16(20)10-4-5-14(21-2)11(17)7-10/h4-8H,1-3H3,(H,19,20). The van der Waals surface area contributed by atoms with Crippen LogP contribution in [-0.4, -0.2) is 20.1 Å². The molecule has 2 aromatic rings. The van der Waals surface area contributed by atoms with Gasteiger partial charge in [-0.15, -0.1) is 0 Å². The highest BCUT2D eigenvalue weighted by atomic mass is 79.9. The van der Waals surface area contributed by atoms with E-state index in [4.69, 9.17) is 21.1 Å². The Hall–Kier alpha value is -1.72. The number of anilines is 1. The average molecular weight is 385 g/mol. The number of benzene rings is 2. The maximum absolute atomic E-state index is 12.4. The summed E-state index contributed by atoms with van der Waals surface area (Å²) in [4.78, 5) is 12.4. The van der Waals surface area contributed by atoms with Gasteiger partial charge in [-0.3, -0.25) is 4.79 Å². The third-order valence-electron chi connectivity index (χ3n) is 3.14. The van der Waals surface area contributed by atoms with Gasteiger partial charge in [0.25, 0.3) is 5.91 Å². The molecule has 0 bridgehead atoms. The Morgan fingerprint density at radius 3 is 2.41 bits per heavy atom. The predicted molar refractivity (Wildman–Crippen MR) is 91.4 cm³/mol. The average Bonchev–Trinajstić information content (AvgIpc) is 2.50. The van der Waals surface area contributed by atoms with Gasteiger partial charge in [-0.1, -0.05) is 11.6 Å². The zero-order valence-electron chi connectivity index (χ0n) is 12.4. The molecule has 0 saturated heterocycles. The Bertz CT molecular complexity index is 719. The Balaban J connectivity index is 2.29. The molecule has 22 heavy (non-hydrogen) atoms. The molecular formula is C16H15BrClNO3. The number of carbonyl (C=O) groups excluding carboxylic acids is 1. The van der Waals surface area contributed by atoms with Crippen molar-refractivity contribution in [1.29, 1.82) is 0 Å². The van der Waals surface area contributed by atoms with Crippen LogP contribution in [-0.2, 0) is 0 Å². The molecule has 0 aliphatic carbocycles. The second kappa shape index (κ2) is 7.03. The van der Waals surface area contributed by atoms with Gasteiger partial charge in [0.1, 0.15) is 11.5 Å². The monoisotopic (exact) mass is 383 g/mol. The summed E-state index contributed by atoms with van der Waals surface area (Å²) in [5.74, 6) is 0.927. The Kier molecular flexibility index (Phi) is 5.32. The maximum atomic E-state index is 12.4. The fourth-order valence-corrected chi connectivity index (χ4v) is 2.63. The van der Waals surface area contributed by atoms with E-state index in [1.54, 1.807) is 37.4 Å². The van der Waals surface area contributed by atoms with E-state index < -0.39 is 0 Å². The third-order valence-corrected chi connectivity index (χ3v) is 4.17. The van der Waals surface area contributed by atoms with Gasteiger partial charge in [0.2, 0.25) is 0 Å². The van der Waals surface area contributed by atoms with E-state index >= 15 is 0 Å². The third kappa shape index (κ3) is 3.54. The van der Waals surface area contributed by atoms with Crippen LogP contribution in [0, 0.1) is 6.92 Å². The molecule has 1 N–H and O–H groups in total. The number of rotatable bonds is 4. The number of methoxy groups -OCH3 is 2. The summed E-state index contributed by atoms with van der Waals surface area (Å²) in [6.45, 7) is 1.86. The Morgan fingerprint density at radius 2 is 1.82 bits per heavy atom. The number of hydrogen-bond acceptors (Lipinski definition) is 3. The fourth-order valence-electron chi connectivity index (χ4n) is 1.93. The van der Waals surface area contributed by atoms with E-state index in [1.807, 2.05) is 6.92 Å². The minimum absolute atomic E-state index is 0.247. The zero-order valence-corrected chi connectivity index (χ0v) is 14.7. The fraction of sp³-hybridized carbons (Fsp3) is 0.188. The summed E-state index contributed by atoms with van der Waals surface area (Å²) in [6, 6.07) is 8.56. The second-order valence-corrected chi connectivity index (χ2v) is 5.87. The summed E-state index contributed by atoms with van der Waals surface area (Å²) in [5.41, 5.74) is 1.93. The van der Waals surface area contributed by atoms with Crippen LogP contribution < -0.4 is 14.8 Å². The van der Waals surface area contributed by atoms with Crippen LogP contribution in [0.2, 0.25) is 5.02 Å². The molecule has 0 aromatic heterocycles. The highest BCUT2D eigenvalue weighted by Gasteiger charge is 2.13. The molecule has 116 valence electrons. The van der Waals surface area contributed by atoms with Crippen molar-refractivity contribution < 1.29 is 14.3 Å². The number of ether oxygens (including phenoxy) is 2. The number of halogens is 2. The molecular weight excluding hydrogens is 370 g/mol. The van der Waals surface area contributed by atoms with Crippen molar-refractivity contribution >= 4 is 39.1 Å². The Labute approximate surface area is 142 Å². The van der Waals surface area contributed by atoms with Crippen LogP contribution in [0.5, 0.6) is 11.5 Å². The van der Waals surface area contributed by atoms with Crippen LogP contribution in [0.4, 0.5) is 5.69 Å². The van der Waals surface area contributed by atoms with Crippen molar-refractivity contribution in [3.8, 4) is 11.5 Å². The summed E-state index contributed by atoms with van der Waals surface area (Å²) in [7, 11) is 3.10. The molecule has 0 aliphatic rings. The second-order valence-electron chi connectivity index (χ2n) is 4.61. The van der Waals surface area contributed by atoms with Crippen molar-refractivity contribution in [3.05, 3.63) is 51.0 Å². The molecule has 0 aliphatic heterocycles. The van der Waals surface area contributed by atoms with Crippen molar-refractivity contribution in [2.45, 2.75) is 6.92 Å². The molecule has 2 rings (SSSR count). The first-order valence-electron chi connectivity index (χ1n) is 6.45. The first-order valence-corrected chi connectivity index (χ1v) is 7.62. The molecule has 0 spiro atoms. The lowest BCUT2D eigenvalue weighted by atomic mass is 10.1. The molecule has 0 fully saturated rings. The first kappa shape index (κ1) is 16.6. The van der Waals surface area contributed by atoms with Crippen LogP contribution in [0.1, 0.15) is 15.9 Å². The molecule has 0 saturated carbocycles. The molecule has 4 nitrogen and oxygen atoms in total. The smallest absolute Gasteiger partial charge is 0.255 e. The normalized spacial score (nSPS) is 10.2. The molecule has 0 unspecified atom stereocenters. The van der Waals surface area contributed by atoms with Crippen molar-refractivity contribution in [1.82, 2.24) is 0 Å². The summed E-state index contributed by atoms with van der Waals surface area (Å²) >= 11 is 9.42. The number of hydrogen-bond donors (Lipinski definition) is 1. The minimum atomic E-state index is -0.247. The molecule has 0 atom stereocenters. The molecule has 0 heterocycles. The highest BCUT2D eigenvalue weighted by molar-refractivity contribution is 9.10. The van der Waals surface area contributed by atoms with Crippen LogP contribution in [0.15, 0.2) is 34.8 Å². The van der Waals surface area contributed by atoms with Crippen molar-refractivity contribution in [2.24, 2.45) is 0 Å². The summed E-state index contributed by atoms with van der Waals surface area (Å²) in [5, 5.41) is 3.41. The van der Waals surface area contributed by atoms with Crippen LogP contribution in [0.25, 0.3) is 0 Å². The van der Waals surface area contributed by atoms with Gasteiger partial charge in [-0.25, -0.2) is 0 Å². The van der Waals surface area contributed by atoms with E-state index in [9.17, 15) is 4.79 Å². The Morgan fingerprint density at radius 1 is 1.14 bits per heavy atom. The van der Waals surface area contributed by atoms with Crippen LogP contribution >= 0.6 is 27.5 Å². The zero-order chi connectivity index (χ0) is 16.3. The topological polar surface area (TPSA) is 47.6 Å². The number of amides is 1. The van der Waals surface area contributed by atoms with Gasteiger partial charge >= 0.3 is 0 Å². The van der Waals surface area contributed by atoms with E-state index in [0.29, 0.717) is 32.2 Å². The number of nitrogens with one attached hydrogen (secondary N) is 1. The van der Waals surface area contributed by atoms with Gasteiger partial charge in [0.15, 0.2) is 0 Å². The lowest BCUT2D eigenvalue weighted by molar-refractivity contribution is 0.102. The lowest BCUT2D eigenvalue weighted by Crippen LogP contribution is -2.13. The maximum Gasteiger partial charge on any atom is 0.255 e. The minimum Gasteiger partial charge on any atom is -0.496 e. The molecule has 2 aromatic carbocycles. The molecule has 1 amide bonds. The van der Waals surface area contributed by atoms with Crippen molar-refractivity contribution in [3.63, 3.8) is 0 Å². The van der Waals surface area contributed by atoms with Gasteiger partial charge in [0, 0.05) is 16.7 Å². The quantitative estimate of drug-likeness (QED) is 0.832. The van der Waals surface area contributed by atoms with Crippen LogP contribution in [0.3, 0.4) is 0 Å². The largest absolute Gasteiger partial charge is 0.496 e. The highest BCUT2D eigenvalue weighted by Crippen LogP contribution is 2.32. The van der Waals surface area contributed by atoms with Gasteiger partial charge in [-0.2, -0.15) is 0 Å². The van der Waals surface area contributed by atoms with E-state index in [1.165, 1.54) is 7.11 Å². The van der Waals surface area contributed by atoms with Gasteiger partial charge < -0.3 is 14.8 Å². The number of aryl methyl sites for hydroxylation is 1. The van der Waals surface area contributed by atoms with E-state index in [0.717, 1.165) is 5.56 Å². The summed E-state index contributed by atoms with van der Waals surface area (Å²) < 4.78 is 11.1. The summed E-state index contributed by atoms with van der Waals surface area (Å²) in [6.07, 6.45) is 0. The first-order chi connectivity index (χ1) is 10.5. The van der Waals surface area contributed by atoms with Gasteiger partial charge in [0.05, 0.1) is 24.4 Å². The predicted octanol–water partition coefficient (Wildman–Crippen LogP) is 4.68. The molecule has 6 heteroatoms. The van der Waals surface area contributed by atoms with Crippen molar-refractivity contribution in [2.75, 3.05) is 19.5 Å². The lowest BCUT2D eigenvalue weighted by Gasteiger charge is -2.13. The van der Waals surface area contributed by atoms with Gasteiger partial charge in [-0.05, 0) is 52.7 Å².